The van der Waals surface area contributed by atoms with Crippen molar-refractivity contribution < 1.29 is 10.2 Å². The van der Waals surface area contributed by atoms with E-state index in [4.69, 9.17) is 0 Å². The van der Waals surface area contributed by atoms with Gasteiger partial charge < -0.3 is 15.1 Å². The van der Waals surface area contributed by atoms with E-state index >= 15 is 0 Å². The van der Waals surface area contributed by atoms with E-state index in [1.807, 2.05) is 12.1 Å². The molecule has 1 aromatic rings. The second-order valence-electron chi connectivity index (χ2n) is 6.35. The fraction of sp³-hybridized carbons (Fsp3) is 0.625. The zero-order valence-electron chi connectivity index (χ0n) is 11.5. The van der Waals surface area contributed by atoms with Crippen LogP contribution in [0.3, 0.4) is 0 Å². The van der Waals surface area contributed by atoms with Gasteiger partial charge in [-0.1, -0.05) is 12.1 Å². The van der Waals surface area contributed by atoms with E-state index in [1.165, 1.54) is 5.56 Å². The Hall–Kier alpha value is -1.06. The number of phenols is 1. The van der Waals surface area contributed by atoms with Gasteiger partial charge in [-0.3, -0.25) is 0 Å². The summed E-state index contributed by atoms with van der Waals surface area (Å²) in [6, 6.07) is 7.67. The second-order valence-corrected chi connectivity index (χ2v) is 6.35. The molecule has 2 fully saturated rings. The van der Waals surface area contributed by atoms with Crippen molar-refractivity contribution in [3.05, 3.63) is 29.8 Å². The first-order valence-electron chi connectivity index (χ1n) is 7.26. The van der Waals surface area contributed by atoms with Crippen LogP contribution in [0, 0.1) is 5.92 Å². The molecular weight excluding hydrogens is 238 g/mol. The zero-order valence-corrected chi connectivity index (χ0v) is 11.5. The molecule has 1 aliphatic carbocycles. The lowest BCUT2D eigenvalue weighted by Gasteiger charge is -2.51. The molecule has 0 radical (unpaired) electrons. The van der Waals surface area contributed by atoms with Gasteiger partial charge in [0, 0.05) is 12.0 Å². The van der Waals surface area contributed by atoms with Crippen LogP contribution in [0.5, 0.6) is 5.75 Å². The van der Waals surface area contributed by atoms with Crippen molar-refractivity contribution in [1.29, 1.82) is 0 Å². The SMILES string of the molecule is CN1CC[C@@]2(c3cccc(O)c3)CC(O)CC[C@H]2C1. The van der Waals surface area contributed by atoms with E-state index in [1.54, 1.807) is 6.07 Å². The molecule has 3 atom stereocenters. The van der Waals surface area contributed by atoms with Crippen molar-refractivity contribution in [3.8, 4) is 5.75 Å². The molecule has 2 N–H and O–H groups in total. The number of aliphatic hydroxyl groups is 1. The smallest absolute Gasteiger partial charge is 0.115 e. The number of piperidine rings is 1. The molecule has 3 rings (SSSR count). The molecule has 1 saturated carbocycles. The summed E-state index contributed by atoms with van der Waals surface area (Å²) in [6.45, 7) is 2.17. The van der Waals surface area contributed by atoms with Crippen molar-refractivity contribution in [2.75, 3.05) is 20.1 Å². The topological polar surface area (TPSA) is 43.7 Å². The molecule has 0 bridgehead atoms. The largest absolute Gasteiger partial charge is 0.508 e. The number of benzene rings is 1. The van der Waals surface area contributed by atoms with Gasteiger partial charge in [-0.25, -0.2) is 0 Å². The quantitative estimate of drug-likeness (QED) is 0.814. The van der Waals surface area contributed by atoms with Gasteiger partial charge in [0.25, 0.3) is 0 Å². The Balaban J connectivity index is 2.00. The molecule has 1 aromatic carbocycles. The van der Waals surface area contributed by atoms with Crippen molar-refractivity contribution in [3.63, 3.8) is 0 Å². The van der Waals surface area contributed by atoms with Crippen LogP contribution in [0.2, 0.25) is 0 Å². The number of aromatic hydroxyl groups is 1. The summed E-state index contributed by atoms with van der Waals surface area (Å²) in [5.41, 5.74) is 1.27. The number of hydrogen-bond donors (Lipinski definition) is 2. The van der Waals surface area contributed by atoms with Crippen LogP contribution >= 0.6 is 0 Å². The van der Waals surface area contributed by atoms with Crippen molar-refractivity contribution >= 4 is 0 Å². The molecule has 0 amide bonds. The number of rotatable bonds is 1. The number of nitrogens with zero attached hydrogens (tertiary/aromatic N) is 1. The molecule has 3 nitrogen and oxygen atoms in total. The van der Waals surface area contributed by atoms with Gasteiger partial charge in [0.15, 0.2) is 0 Å². The summed E-state index contributed by atoms with van der Waals surface area (Å²) >= 11 is 0. The lowest BCUT2D eigenvalue weighted by Crippen LogP contribution is -2.52. The highest BCUT2D eigenvalue weighted by molar-refractivity contribution is 5.35. The highest BCUT2D eigenvalue weighted by Crippen LogP contribution is 2.49. The summed E-state index contributed by atoms with van der Waals surface area (Å²) in [5.74, 6) is 0.932. The Labute approximate surface area is 114 Å². The highest BCUT2D eigenvalue weighted by atomic mass is 16.3. The van der Waals surface area contributed by atoms with E-state index in [0.717, 1.165) is 38.8 Å². The molecule has 19 heavy (non-hydrogen) atoms. The minimum Gasteiger partial charge on any atom is -0.508 e. The third-order valence-electron chi connectivity index (χ3n) is 5.12. The van der Waals surface area contributed by atoms with Gasteiger partial charge in [0.1, 0.15) is 5.75 Å². The van der Waals surface area contributed by atoms with Crippen LogP contribution in [-0.4, -0.2) is 41.4 Å². The Kier molecular flexibility index (Phi) is 3.27. The lowest BCUT2D eigenvalue weighted by atomic mass is 9.58. The normalized spacial score (nSPS) is 35.9. The molecule has 1 unspecified atom stereocenters. The van der Waals surface area contributed by atoms with Gasteiger partial charge in [0.2, 0.25) is 0 Å². The molecule has 0 aromatic heterocycles. The number of phenolic OH excluding ortho intramolecular Hbond substituents is 1. The molecule has 2 aliphatic rings. The Morgan fingerprint density at radius 2 is 2.16 bits per heavy atom. The fourth-order valence-corrected chi connectivity index (χ4v) is 4.10. The van der Waals surface area contributed by atoms with Crippen LogP contribution < -0.4 is 0 Å². The summed E-state index contributed by atoms with van der Waals surface area (Å²) in [6.07, 6.45) is 3.73. The monoisotopic (exact) mass is 261 g/mol. The van der Waals surface area contributed by atoms with E-state index in [9.17, 15) is 10.2 Å². The van der Waals surface area contributed by atoms with E-state index in [2.05, 4.69) is 18.0 Å². The Bertz CT molecular complexity index is 462. The van der Waals surface area contributed by atoms with E-state index in [-0.39, 0.29) is 11.5 Å². The maximum Gasteiger partial charge on any atom is 0.115 e. The average molecular weight is 261 g/mol. The van der Waals surface area contributed by atoms with Gasteiger partial charge in [-0.05, 0) is 62.9 Å². The molecule has 1 aliphatic heterocycles. The van der Waals surface area contributed by atoms with Gasteiger partial charge in [0.05, 0.1) is 6.10 Å². The van der Waals surface area contributed by atoms with Crippen molar-refractivity contribution in [1.82, 2.24) is 4.90 Å². The number of aliphatic hydroxyl groups excluding tert-OH is 1. The predicted molar refractivity (Wildman–Crippen MR) is 75.2 cm³/mol. The van der Waals surface area contributed by atoms with E-state index in [0.29, 0.717) is 11.7 Å². The summed E-state index contributed by atoms with van der Waals surface area (Å²) in [5, 5.41) is 19.9. The molecule has 3 heteroatoms. The zero-order chi connectivity index (χ0) is 13.5. The Morgan fingerprint density at radius 3 is 2.95 bits per heavy atom. The van der Waals surface area contributed by atoms with Crippen LogP contribution in [0.4, 0.5) is 0 Å². The molecule has 1 heterocycles. The average Bonchev–Trinajstić information content (AvgIpc) is 2.39. The molecule has 1 saturated heterocycles. The lowest BCUT2D eigenvalue weighted by molar-refractivity contribution is 0.00288. The van der Waals surface area contributed by atoms with Crippen LogP contribution in [0.15, 0.2) is 24.3 Å². The third-order valence-corrected chi connectivity index (χ3v) is 5.12. The number of fused-ring (bicyclic) bond motifs is 1. The van der Waals surface area contributed by atoms with Crippen molar-refractivity contribution in [2.24, 2.45) is 5.92 Å². The van der Waals surface area contributed by atoms with Crippen LogP contribution in [0.1, 0.15) is 31.2 Å². The van der Waals surface area contributed by atoms with Crippen LogP contribution in [0.25, 0.3) is 0 Å². The van der Waals surface area contributed by atoms with Crippen molar-refractivity contribution in [2.45, 2.75) is 37.2 Å². The van der Waals surface area contributed by atoms with Gasteiger partial charge in [-0.2, -0.15) is 0 Å². The van der Waals surface area contributed by atoms with E-state index < -0.39 is 0 Å². The Morgan fingerprint density at radius 1 is 1.32 bits per heavy atom. The second kappa shape index (κ2) is 4.80. The number of likely N-dealkylation sites (tertiary alicyclic amines) is 1. The third kappa shape index (κ3) is 2.26. The minimum absolute atomic E-state index is 0.0584. The highest BCUT2D eigenvalue weighted by Gasteiger charge is 2.47. The minimum atomic E-state index is -0.193. The molecular formula is C16H23NO2. The first-order chi connectivity index (χ1) is 9.10. The van der Waals surface area contributed by atoms with Gasteiger partial charge >= 0.3 is 0 Å². The summed E-state index contributed by atoms with van der Waals surface area (Å²) in [4.78, 5) is 2.39. The summed E-state index contributed by atoms with van der Waals surface area (Å²) < 4.78 is 0. The summed E-state index contributed by atoms with van der Waals surface area (Å²) in [7, 11) is 2.18. The first kappa shape index (κ1) is 12.9. The van der Waals surface area contributed by atoms with Crippen LogP contribution in [-0.2, 0) is 5.41 Å². The molecule has 104 valence electrons. The maximum absolute atomic E-state index is 10.1. The first-order valence-corrected chi connectivity index (χ1v) is 7.26. The number of hydrogen-bond acceptors (Lipinski definition) is 3. The maximum atomic E-state index is 10.1. The van der Waals surface area contributed by atoms with Gasteiger partial charge in [-0.15, -0.1) is 0 Å². The fourth-order valence-electron chi connectivity index (χ4n) is 4.10. The predicted octanol–water partition coefficient (Wildman–Crippen LogP) is 2.13. The molecule has 0 spiro atoms. The standard InChI is InChI=1S/C16H23NO2/c1-17-8-7-16(12-3-2-4-14(18)9-12)10-15(19)6-5-13(16)11-17/h2-4,9,13,15,18-19H,5-8,10-11H2,1H3/t13-,15?,16-/m0/s1.